The van der Waals surface area contributed by atoms with Crippen molar-refractivity contribution in [2.45, 2.75) is 6.18 Å². The third kappa shape index (κ3) is 6.43. The summed E-state index contributed by atoms with van der Waals surface area (Å²) < 4.78 is 46.7. The van der Waals surface area contributed by atoms with Crippen molar-refractivity contribution in [2.24, 2.45) is 0 Å². The van der Waals surface area contributed by atoms with Gasteiger partial charge in [-0.05, 0) is 30.4 Å². The number of halogens is 4. The molecule has 0 aliphatic carbocycles. The molecule has 150 valence electrons. The van der Waals surface area contributed by atoms with Crippen LogP contribution in [0.4, 0.5) is 30.2 Å². The van der Waals surface area contributed by atoms with Crippen molar-refractivity contribution in [3.05, 3.63) is 51.5 Å². The molecule has 0 amide bonds. The molecule has 0 bridgehead atoms. The van der Waals surface area contributed by atoms with E-state index in [0.717, 1.165) is 18.2 Å². The second-order valence-electron chi connectivity index (χ2n) is 5.30. The van der Waals surface area contributed by atoms with Crippen molar-refractivity contribution in [1.29, 1.82) is 0 Å². The second-order valence-corrected chi connectivity index (χ2v) is 6.14. The van der Waals surface area contributed by atoms with Crippen LogP contribution in [0, 0.1) is 10.1 Å². The molecule has 2 aromatic carbocycles. The molecule has 0 saturated heterocycles. The van der Waals surface area contributed by atoms with Crippen molar-refractivity contribution in [1.82, 2.24) is 0 Å². The van der Waals surface area contributed by atoms with Gasteiger partial charge in [0.25, 0.3) is 5.69 Å². The summed E-state index contributed by atoms with van der Waals surface area (Å²) in [5.41, 5.74) is 0.0154. The zero-order chi connectivity index (χ0) is 20.9. The lowest BCUT2D eigenvalue weighted by Crippen LogP contribution is -2.20. The van der Waals surface area contributed by atoms with Gasteiger partial charge in [-0.15, -0.1) is 0 Å². The molecule has 0 radical (unpaired) electrons. The Morgan fingerprint density at radius 3 is 2.57 bits per heavy atom. The lowest BCUT2D eigenvalue weighted by atomic mass is 10.2. The van der Waals surface area contributed by atoms with E-state index in [2.05, 4.69) is 15.4 Å². The van der Waals surface area contributed by atoms with Crippen molar-refractivity contribution in [2.75, 3.05) is 24.4 Å². The number of rotatable bonds is 6. The van der Waals surface area contributed by atoms with Crippen molar-refractivity contribution in [3.63, 3.8) is 0 Å². The van der Waals surface area contributed by atoms with Gasteiger partial charge >= 0.3 is 6.18 Å². The van der Waals surface area contributed by atoms with Crippen LogP contribution < -0.4 is 20.1 Å². The molecule has 2 aromatic rings. The summed E-state index contributed by atoms with van der Waals surface area (Å²) >= 11 is 11.1. The molecule has 0 atom stereocenters. The number of nitrogens with zero attached hydrogens (tertiary/aromatic N) is 1. The number of alkyl halides is 3. The number of non-ortho nitro benzene ring substituents is 1. The summed E-state index contributed by atoms with van der Waals surface area (Å²) in [4.78, 5) is 10.3. The molecule has 0 fully saturated rings. The van der Waals surface area contributed by atoms with Gasteiger partial charge in [-0.3, -0.25) is 10.1 Å². The number of nitro benzene ring substituents is 1. The van der Waals surface area contributed by atoms with Gasteiger partial charge in [-0.1, -0.05) is 11.6 Å². The molecular weight excluding hydrogens is 423 g/mol. The van der Waals surface area contributed by atoms with E-state index in [1.165, 1.54) is 7.11 Å². The minimum Gasteiger partial charge on any atom is -0.495 e. The minimum absolute atomic E-state index is 0.00263. The number of anilines is 2. The first kappa shape index (κ1) is 21.5. The molecule has 2 rings (SSSR count). The van der Waals surface area contributed by atoms with E-state index in [-0.39, 0.29) is 16.5 Å². The first-order valence-corrected chi connectivity index (χ1v) is 8.26. The first-order valence-electron chi connectivity index (χ1n) is 7.48. The van der Waals surface area contributed by atoms with Crippen LogP contribution in [0.15, 0.2) is 36.4 Å². The summed E-state index contributed by atoms with van der Waals surface area (Å²) in [7, 11) is 1.44. The SMILES string of the molecule is COc1ccc(Cl)cc1NC(=S)Nc1cc(OCC(F)(F)F)cc([N+](=O)[O-])c1. The van der Waals surface area contributed by atoms with Crippen LogP contribution in [-0.2, 0) is 0 Å². The fraction of sp³-hybridized carbons (Fsp3) is 0.188. The Bertz CT molecular complexity index is 896. The van der Waals surface area contributed by atoms with Crippen LogP contribution in [0.2, 0.25) is 5.02 Å². The summed E-state index contributed by atoms with van der Waals surface area (Å²) in [6.07, 6.45) is -4.59. The van der Waals surface area contributed by atoms with Crippen molar-refractivity contribution >= 4 is 46.0 Å². The highest BCUT2D eigenvalue weighted by Gasteiger charge is 2.28. The van der Waals surface area contributed by atoms with E-state index in [4.69, 9.17) is 28.6 Å². The van der Waals surface area contributed by atoms with Gasteiger partial charge < -0.3 is 20.1 Å². The molecule has 28 heavy (non-hydrogen) atoms. The predicted octanol–water partition coefficient (Wildman–Crippen LogP) is 5.01. The van der Waals surface area contributed by atoms with Gasteiger partial charge in [0.2, 0.25) is 0 Å². The van der Waals surface area contributed by atoms with Crippen molar-refractivity contribution in [3.8, 4) is 11.5 Å². The average molecular weight is 436 g/mol. The Labute approximate surface area is 167 Å². The van der Waals surface area contributed by atoms with Crippen LogP contribution in [-0.4, -0.2) is 29.9 Å². The summed E-state index contributed by atoms with van der Waals surface area (Å²) in [5.74, 6) is 0.0963. The topological polar surface area (TPSA) is 85.7 Å². The van der Waals surface area contributed by atoms with Gasteiger partial charge in [-0.25, -0.2) is 0 Å². The van der Waals surface area contributed by atoms with E-state index in [1.807, 2.05) is 0 Å². The third-order valence-electron chi connectivity index (χ3n) is 3.17. The Hall–Kier alpha value is -2.79. The van der Waals surface area contributed by atoms with E-state index >= 15 is 0 Å². The van der Waals surface area contributed by atoms with Gasteiger partial charge in [0, 0.05) is 17.2 Å². The monoisotopic (exact) mass is 435 g/mol. The van der Waals surface area contributed by atoms with E-state index in [9.17, 15) is 23.3 Å². The Morgan fingerprint density at radius 1 is 1.25 bits per heavy atom. The van der Waals surface area contributed by atoms with Crippen LogP contribution >= 0.6 is 23.8 Å². The average Bonchev–Trinajstić information content (AvgIpc) is 2.59. The first-order chi connectivity index (χ1) is 13.1. The molecule has 0 aromatic heterocycles. The molecule has 0 unspecified atom stereocenters. The van der Waals surface area contributed by atoms with Gasteiger partial charge in [-0.2, -0.15) is 13.2 Å². The van der Waals surface area contributed by atoms with Crippen LogP contribution in [0.1, 0.15) is 0 Å². The highest BCUT2D eigenvalue weighted by molar-refractivity contribution is 7.80. The number of nitro groups is 1. The number of thiocarbonyl (C=S) groups is 1. The largest absolute Gasteiger partial charge is 0.495 e. The Morgan fingerprint density at radius 2 is 1.96 bits per heavy atom. The summed E-state index contributed by atoms with van der Waals surface area (Å²) in [6.45, 7) is -1.59. The predicted molar refractivity (Wildman–Crippen MR) is 102 cm³/mol. The van der Waals surface area contributed by atoms with Crippen LogP contribution in [0.25, 0.3) is 0 Å². The van der Waals surface area contributed by atoms with Crippen LogP contribution in [0.5, 0.6) is 11.5 Å². The molecule has 2 N–H and O–H groups in total. The molecule has 0 aliphatic heterocycles. The highest BCUT2D eigenvalue weighted by atomic mass is 35.5. The fourth-order valence-electron chi connectivity index (χ4n) is 2.07. The zero-order valence-electron chi connectivity index (χ0n) is 14.2. The fourth-order valence-corrected chi connectivity index (χ4v) is 2.47. The molecule has 7 nitrogen and oxygen atoms in total. The maximum absolute atomic E-state index is 12.3. The zero-order valence-corrected chi connectivity index (χ0v) is 15.7. The number of hydrogen-bond acceptors (Lipinski definition) is 5. The highest BCUT2D eigenvalue weighted by Crippen LogP contribution is 2.30. The maximum Gasteiger partial charge on any atom is 0.422 e. The van der Waals surface area contributed by atoms with E-state index < -0.39 is 23.4 Å². The maximum atomic E-state index is 12.3. The molecule has 0 aliphatic rings. The molecule has 0 heterocycles. The lowest BCUT2D eigenvalue weighted by Gasteiger charge is -2.15. The Balaban J connectivity index is 2.20. The summed E-state index contributed by atoms with van der Waals surface area (Å²) in [5, 5.41) is 16.9. The molecule has 0 spiro atoms. The third-order valence-corrected chi connectivity index (χ3v) is 3.61. The molecule has 12 heteroatoms. The number of benzene rings is 2. The quantitative estimate of drug-likeness (QED) is 0.375. The normalized spacial score (nSPS) is 10.9. The number of hydrogen-bond donors (Lipinski definition) is 2. The smallest absolute Gasteiger partial charge is 0.422 e. The van der Waals surface area contributed by atoms with Gasteiger partial charge in [0.1, 0.15) is 11.5 Å². The number of ether oxygens (including phenoxy) is 2. The Kier molecular flexibility index (Phi) is 6.86. The minimum atomic E-state index is -4.59. The number of methoxy groups -OCH3 is 1. The second kappa shape index (κ2) is 8.93. The molecule has 0 saturated carbocycles. The van der Waals surface area contributed by atoms with Gasteiger partial charge in [0.05, 0.1) is 29.5 Å². The molecular formula is C16H13ClF3N3O4S. The van der Waals surface area contributed by atoms with E-state index in [0.29, 0.717) is 16.5 Å². The number of nitrogens with one attached hydrogen (secondary N) is 2. The van der Waals surface area contributed by atoms with Crippen LogP contribution in [0.3, 0.4) is 0 Å². The lowest BCUT2D eigenvalue weighted by molar-refractivity contribution is -0.384. The van der Waals surface area contributed by atoms with Gasteiger partial charge in [0.15, 0.2) is 11.7 Å². The van der Waals surface area contributed by atoms with E-state index in [1.54, 1.807) is 18.2 Å². The standard InChI is InChI=1S/C16H13ClF3N3O4S/c1-26-14-3-2-9(17)4-13(14)22-15(28)21-10-5-11(23(24)25)7-12(6-10)27-8-16(18,19)20/h2-7H,8H2,1H3,(H2,21,22,28). The van der Waals surface area contributed by atoms with Crippen molar-refractivity contribution < 1.29 is 27.6 Å². The summed E-state index contributed by atoms with van der Waals surface area (Å²) in [6, 6.07) is 7.88.